The molecule has 3 aromatic rings. The van der Waals surface area contributed by atoms with Gasteiger partial charge in [0.2, 0.25) is 11.8 Å². The number of piperazine rings is 1. The van der Waals surface area contributed by atoms with E-state index in [1.807, 2.05) is 36.5 Å². The first-order valence-corrected chi connectivity index (χ1v) is 10.2. The van der Waals surface area contributed by atoms with Gasteiger partial charge in [-0.05, 0) is 35.7 Å². The molecule has 0 aliphatic carbocycles. The van der Waals surface area contributed by atoms with Crippen molar-refractivity contribution in [3.8, 4) is 0 Å². The standard InChI is InChI=1S/C23H23FN4O2/c24-16-5-3-4-14(8-16)11-25-17-10-21-22(29)27-20(23(30)28(21)13-17)9-15-12-26-19-7-2-1-6-18(15)19/h1-8,12,17,20-21,25-26H,9-11,13H2,(H,27,29)/t17-,20-,21-/m0/s1. The van der Waals surface area contributed by atoms with Gasteiger partial charge >= 0.3 is 0 Å². The third kappa shape index (κ3) is 3.45. The molecule has 0 unspecified atom stereocenters. The number of aromatic nitrogens is 1. The Morgan fingerprint density at radius 2 is 2.00 bits per heavy atom. The maximum atomic E-state index is 13.4. The lowest BCUT2D eigenvalue weighted by Crippen LogP contribution is -2.61. The van der Waals surface area contributed by atoms with Crippen molar-refractivity contribution in [1.29, 1.82) is 0 Å². The van der Waals surface area contributed by atoms with Gasteiger partial charge in [0.05, 0.1) is 0 Å². The zero-order chi connectivity index (χ0) is 20.7. The summed E-state index contributed by atoms with van der Waals surface area (Å²) in [5.74, 6) is -0.415. The number of carbonyl (C=O) groups excluding carboxylic acids is 2. The smallest absolute Gasteiger partial charge is 0.246 e. The average molecular weight is 406 g/mol. The van der Waals surface area contributed by atoms with E-state index in [1.54, 1.807) is 11.0 Å². The highest BCUT2D eigenvalue weighted by molar-refractivity contribution is 5.98. The maximum absolute atomic E-state index is 13.4. The number of hydrogen-bond donors (Lipinski definition) is 3. The summed E-state index contributed by atoms with van der Waals surface area (Å²) in [6.45, 7) is 0.980. The fourth-order valence-electron chi connectivity index (χ4n) is 4.57. The number of fused-ring (bicyclic) bond motifs is 2. The van der Waals surface area contributed by atoms with Gasteiger partial charge in [-0.1, -0.05) is 30.3 Å². The molecule has 154 valence electrons. The van der Waals surface area contributed by atoms with E-state index in [0.29, 0.717) is 25.9 Å². The molecule has 0 spiro atoms. The van der Waals surface area contributed by atoms with Crippen LogP contribution in [0.15, 0.2) is 54.7 Å². The van der Waals surface area contributed by atoms with Crippen LogP contribution in [0.25, 0.3) is 10.9 Å². The Morgan fingerprint density at radius 3 is 2.87 bits per heavy atom. The number of para-hydroxylation sites is 1. The molecule has 1 aromatic heterocycles. The van der Waals surface area contributed by atoms with Crippen LogP contribution in [0.1, 0.15) is 17.5 Å². The lowest BCUT2D eigenvalue weighted by Gasteiger charge is -2.34. The van der Waals surface area contributed by atoms with Gasteiger partial charge in [-0.25, -0.2) is 4.39 Å². The Morgan fingerprint density at radius 1 is 1.13 bits per heavy atom. The molecule has 2 aromatic carbocycles. The van der Waals surface area contributed by atoms with Gasteiger partial charge < -0.3 is 20.5 Å². The van der Waals surface area contributed by atoms with Crippen molar-refractivity contribution in [1.82, 2.24) is 20.5 Å². The number of nitrogens with zero attached hydrogens (tertiary/aromatic N) is 1. The minimum absolute atomic E-state index is 0.000180. The van der Waals surface area contributed by atoms with Crippen LogP contribution in [0, 0.1) is 5.82 Å². The van der Waals surface area contributed by atoms with Crippen molar-refractivity contribution >= 4 is 22.7 Å². The van der Waals surface area contributed by atoms with Crippen LogP contribution in [0.4, 0.5) is 4.39 Å². The van der Waals surface area contributed by atoms with E-state index in [-0.39, 0.29) is 23.7 Å². The Balaban J connectivity index is 1.26. The molecular formula is C23H23FN4O2. The van der Waals surface area contributed by atoms with Crippen LogP contribution >= 0.6 is 0 Å². The summed E-state index contributed by atoms with van der Waals surface area (Å²) in [7, 11) is 0. The minimum atomic E-state index is -0.560. The van der Waals surface area contributed by atoms with E-state index in [9.17, 15) is 14.0 Å². The van der Waals surface area contributed by atoms with Crippen molar-refractivity contribution in [2.45, 2.75) is 37.5 Å². The van der Waals surface area contributed by atoms with E-state index in [2.05, 4.69) is 15.6 Å². The van der Waals surface area contributed by atoms with Crippen molar-refractivity contribution in [2.24, 2.45) is 0 Å². The van der Waals surface area contributed by atoms with Crippen LogP contribution in [0.5, 0.6) is 0 Å². The van der Waals surface area contributed by atoms with Gasteiger partial charge in [0.15, 0.2) is 0 Å². The molecule has 2 aliphatic rings. The molecule has 3 heterocycles. The number of nitrogens with one attached hydrogen (secondary N) is 3. The molecule has 2 saturated heterocycles. The largest absolute Gasteiger partial charge is 0.361 e. The highest BCUT2D eigenvalue weighted by atomic mass is 19.1. The van der Waals surface area contributed by atoms with Crippen LogP contribution in [0.3, 0.4) is 0 Å². The molecule has 30 heavy (non-hydrogen) atoms. The zero-order valence-electron chi connectivity index (χ0n) is 16.4. The predicted octanol–water partition coefficient (Wildman–Crippen LogP) is 2.11. The van der Waals surface area contributed by atoms with E-state index in [0.717, 1.165) is 22.0 Å². The molecule has 2 aliphatic heterocycles. The highest BCUT2D eigenvalue weighted by Gasteiger charge is 2.46. The highest BCUT2D eigenvalue weighted by Crippen LogP contribution is 2.26. The number of hydrogen-bond acceptors (Lipinski definition) is 3. The average Bonchev–Trinajstić information content (AvgIpc) is 3.36. The SMILES string of the molecule is O=C1N[C@@H](Cc2c[nH]c3ccccc23)C(=O)N2C[C@@H](NCc3cccc(F)c3)C[C@@H]12. The molecular weight excluding hydrogens is 383 g/mol. The first-order chi connectivity index (χ1) is 14.6. The second-order valence-corrected chi connectivity index (χ2v) is 8.07. The molecule has 6 nitrogen and oxygen atoms in total. The Hall–Kier alpha value is -3.19. The summed E-state index contributed by atoms with van der Waals surface area (Å²) in [5.41, 5.74) is 2.87. The molecule has 2 fully saturated rings. The number of rotatable bonds is 5. The van der Waals surface area contributed by atoms with Gasteiger partial charge in [0, 0.05) is 42.7 Å². The van der Waals surface area contributed by atoms with Crippen molar-refractivity contribution in [2.75, 3.05) is 6.54 Å². The van der Waals surface area contributed by atoms with Crippen LogP contribution in [-0.4, -0.2) is 46.4 Å². The fraction of sp³-hybridized carbons (Fsp3) is 0.304. The third-order valence-electron chi connectivity index (χ3n) is 6.08. The first-order valence-electron chi connectivity index (χ1n) is 10.2. The summed E-state index contributed by atoms with van der Waals surface area (Å²) in [6, 6.07) is 13.4. The molecule has 3 N–H and O–H groups in total. The summed E-state index contributed by atoms with van der Waals surface area (Å²) < 4.78 is 13.4. The number of aromatic amines is 1. The van der Waals surface area contributed by atoms with Crippen molar-refractivity contribution in [3.63, 3.8) is 0 Å². The third-order valence-corrected chi connectivity index (χ3v) is 6.08. The Labute approximate surface area is 173 Å². The molecule has 3 atom stereocenters. The predicted molar refractivity (Wildman–Crippen MR) is 111 cm³/mol. The Bertz CT molecular complexity index is 1110. The number of amides is 2. The van der Waals surface area contributed by atoms with Crippen LogP contribution in [-0.2, 0) is 22.6 Å². The second kappa shape index (κ2) is 7.57. The molecule has 5 rings (SSSR count). The molecule has 0 bridgehead atoms. The number of benzene rings is 2. The van der Waals surface area contributed by atoms with Gasteiger partial charge in [-0.15, -0.1) is 0 Å². The number of halogens is 1. The normalized spacial score (nSPS) is 23.6. The molecule has 7 heteroatoms. The van der Waals surface area contributed by atoms with Gasteiger partial charge in [0.25, 0.3) is 0 Å². The summed E-state index contributed by atoms with van der Waals surface area (Å²) in [6.07, 6.45) is 2.93. The van der Waals surface area contributed by atoms with Gasteiger partial charge in [0.1, 0.15) is 17.9 Å². The lowest BCUT2D eigenvalue weighted by atomic mass is 10.0. The number of H-pyrrole nitrogens is 1. The van der Waals surface area contributed by atoms with E-state index >= 15 is 0 Å². The zero-order valence-corrected chi connectivity index (χ0v) is 16.4. The first kappa shape index (κ1) is 18.8. The summed E-state index contributed by atoms with van der Waals surface area (Å²) in [4.78, 5) is 30.7. The van der Waals surface area contributed by atoms with E-state index in [1.165, 1.54) is 12.1 Å². The minimum Gasteiger partial charge on any atom is -0.361 e. The van der Waals surface area contributed by atoms with Crippen molar-refractivity contribution in [3.05, 3.63) is 71.7 Å². The van der Waals surface area contributed by atoms with Crippen LogP contribution in [0.2, 0.25) is 0 Å². The number of carbonyl (C=O) groups is 2. The quantitative estimate of drug-likeness (QED) is 0.607. The molecule has 0 radical (unpaired) electrons. The lowest BCUT2D eigenvalue weighted by molar-refractivity contribution is -0.146. The van der Waals surface area contributed by atoms with Gasteiger partial charge in [-0.3, -0.25) is 9.59 Å². The summed E-state index contributed by atoms with van der Waals surface area (Å²) >= 11 is 0. The monoisotopic (exact) mass is 406 g/mol. The van der Waals surface area contributed by atoms with E-state index in [4.69, 9.17) is 0 Å². The molecule has 2 amide bonds. The topological polar surface area (TPSA) is 77.2 Å². The van der Waals surface area contributed by atoms with Crippen LogP contribution < -0.4 is 10.6 Å². The second-order valence-electron chi connectivity index (χ2n) is 8.07. The fourth-order valence-corrected chi connectivity index (χ4v) is 4.57. The van der Waals surface area contributed by atoms with Gasteiger partial charge in [-0.2, -0.15) is 0 Å². The van der Waals surface area contributed by atoms with Crippen molar-refractivity contribution < 1.29 is 14.0 Å². The Kier molecular flexibility index (Phi) is 4.75. The van der Waals surface area contributed by atoms with E-state index < -0.39 is 12.1 Å². The molecule has 0 saturated carbocycles. The maximum Gasteiger partial charge on any atom is 0.246 e. The summed E-state index contributed by atoms with van der Waals surface area (Å²) in [5, 5.41) is 7.35.